The Bertz CT molecular complexity index is 1570. The molecule has 34 heavy (non-hydrogen) atoms. The van der Waals surface area contributed by atoms with Crippen molar-refractivity contribution in [1.82, 2.24) is 4.40 Å². The molecule has 0 saturated heterocycles. The van der Waals surface area contributed by atoms with Crippen LogP contribution in [-0.2, 0) is 0 Å². The minimum absolute atomic E-state index is 0.280. The van der Waals surface area contributed by atoms with Crippen molar-refractivity contribution in [1.29, 1.82) is 0 Å². The number of benzene rings is 3. The highest BCUT2D eigenvalue weighted by molar-refractivity contribution is 6.12. The predicted molar refractivity (Wildman–Crippen MR) is 131 cm³/mol. The number of aromatic nitrogens is 1. The lowest BCUT2D eigenvalue weighted by atomic mass is 10.0. The van der Waals surface area contributed by atoms with Crippen molar-refractivity contribution in [3.05, 3.63) is 71.0 Å². The van der Waals surface area contributed by atoms with E-state index in [0.29, 0.717) is 39.8 Å². The SMILES string of the molecule is COc1ccc(-c2c(O)c(=O)c3c(OC)cc(OC)c4c(-c5ccccc5)cn2c43)cc1OC. The van der Waals surface area contributed by atoms with Crippen LogP contribution in [0.15, 0.2) is 65.6 Å². The van der Waals surface area contributed by atoms with E-state index in [-0.39, 0.29) is 11.1 Å². The molecular weight excluding hydrogens is 434 g/mol. The van der Waals surface area contributed by atoms with Gasteiger partial charge in [0.2, 0.25) is 5.43 Å². The van der Waals surface area contributed by atoms with E-state index in [0.717, 1.165) is 16.5 Å². The second-order valence-electron chi connectivity index (χ2n) is 7.75. The molecule has 0 aliphatic heterocycles. The zero-order valence-electron chi connectivity index (χ0n) is 19.2. The van der Waals surface area contributed by atoms with E-state index in [1.807, 2.05) is 40.9 Å². The lowest BCUT2D eigenvalue weighted by Gasteiger charge is -2.15. The molecule has 0 aliphatic carbocycles. The Hall–Kier alpha value is -4.39. The van der Waals surface area contributed by atoms with Crippen molar-refractivity contribution >= 4 is 16.3 Å². The molecular formula is C27H23NO6. The van der Waals surface area contributed by atoms with E-state index >= 15 is 0 Å². The van der Waals surface area contributed by atoms with Crippen LogP contribution in [0.4, 0.5) is 0 Å². The number of rotatable bonds is 6. The molecule has 3 aromatic carbocycles. The molecule has 5 aromatic rings. The zero-order valence-corrected chi connectivity index (χ0v) is 19.2. The van der Waals surface area contributed by atoms with Gasteiger partial charge >= 0.3 is 0 Å². The van der Waals surface area contributed by atoms with Crippen LogP contribution in [0.2, 0.25) is 0 Å². The summed E-state index contributed by atoms with van der Waals surface area (Å²) in [5.74, 6) is 1.52. The molecule has 0 aliphatic rings. The minimum atomic E-state index is -0.528. The first kappa shape index (κ1) is 21.5. The number of ether oxygens (including phenoxy) is 4. The smallest absolute Gasteiger partial charge is 0.235 e. The first-order valence-corrected chi connectivity index (χ1v) is 10.6. The maximum absolute atomic E-state index is 13.5. The standard InChI is InChI=1S/C27H23NO6/c1-31-18-11-10-16(12-19(18)32-2)24-27(30)26(29)23-21(34-4)13-20(33-3)22-17(14-28(24)25(22)23)15-8-6-5-7-9-15/h5-14,30H,1-4H3. The van der Waals surface area contributed by atoms with Gasteiger partial charge in [-0.2, -0.15) is 0 Å². The van der Waals surface area contributed by atoms with Crippen molar-refractivity contribution in [2.24, 2.45) is 0 Å². The van der Waals surface area contributed by atoms with Gasteiger partial charge in [-0.3, -0.25) is 4.79 Å². The maximum Gasteiger partial charge on any atom is 0.235 e. The van der Waals surface area contributed by atoms with Crippen LogP contribution < -0.4 is 24.4 Å². The number of nitrogens with zero attached hydrogens (tertiary/aromatic N) is 1. The van der Waals surface area contributed by atoms with Gasteiger partial charge in [0.25, 0.3) is 0 Å². The predicted octanol–water partition coefficient (Wildman–Crippen LogP) is 4.96. The van der Waals surface area contributed by atoms with Gasteiger partial charge in [-0.05, 0) is 23.8 Å². The van der Waals surface area contributed by atoms with Crippen LogP contribution in [0.3, 0.4) is 0 Å². The molecule has 2 heterocycles. The van der Waals surface area contributed by atoms with E-state index in [2.05, 4.69) is 0 Å². The molecule has 5 rings (SSSR count). The second-order valence-corrected chi connectivity index (χ2v) is 7.75. The van der Waals surface area contributed by atoms with Crippen LogP contribution >= 0.6 is 0 Å². The van der Waals surface area contributed by atoms with E-state index in [9.17, 15) is 9.90 Å². The molecule has 0 fully saturated rings. The van der Waals surface area contributed by atoms with Crippen LogP contribution in [0, 0.1) is 0 Å². The molecule has 7 nitrogen and oxygen atoms in total. The number of pyridine rings is 1. The molecule has 2 aromatic heterocycles. The molecule has 7 heteroatoms. The highest BCUT2D eigenvalue weighted by Crippen LogP contribution is 2.46. The normalized spacial score (nSPS) is 11.2. The molecule has 0 atom stereocenters. The lowest BCUT2D eigenvalue weighted by Crippen LogP contribution is -2.09. The Balaban J connectivity index is 1.99. The first-order valence-electron chi connectivity index (χ1n) is 10.6. The summed E-state index contributed by atoms with van der Waals surface area (Å²) in [4.78, 5) is 13.5. The van der Waals surface area contributed by atoms with Crippen molar-refractivity contribution in [3.63, 3.8) is 0 Å². The third-order valence-electron chi connectivity index (χ3n) is 6.09. The Morgan fingerprint density at radius 1 is 0.706 bits per heavy atom. The topological polar surface area (TPSA) is 78.6 Å². The van der Waals surface area contributed by atoms with Crippen LogP contribution in [0.5, 0.6) is 28.7 Å². The number of methoxy groups -OCH3 is 4. The summed E-state index contributed by atoms with van der Waals surface area (Å²) in [6, 6.07) is 16.7. The Morgan fingerprint density at radius 2 is 1.35 bits per heavy atom. The molecule has 172 valence electrons. The monoisotopic (exact) mass is 457 g/mol. The summed E-state index contributed by atoms with van der Waals surface area (Å²) >= 11 is 0. The first-order chi connectivity index (χ1) is 16.5. The molecule has 0 unspecified atom stereocenters. The quantitative estimate of drug-likeness (QED) is 0.388. The van der Waals surface area contributed by atoms with Gasteiger partial charge in [0.1, 0.15) is 11.5 Å². The molecule has 0 radical (unpaired) electrons. The zero-order chi connectivity index (χ0) is 24.0. The third-order valence-corrected chi connectivity index (χ3v) is 6.09. The average Bonchev–Trinajstić information content (AvgIpc) is 3.27. The summed E-state index contributed by atoms with van der Waals surface area (Å²) in [5, 5.41) is 12.2. The van der Waals surface area contributed by atoms with Gasteiger partial charge in [0.15, 0.2) is 17.2 Å². The average molecular weight is 457 g/mol. The fourth-order valence-corrected chi connectivity index (χ4v) is 4.53. The summed E-state index contributed by atoms with van der Waals surface area (Å²) < 4.78 is 23.9. The Morgan fingerprint density at radius 3 is 2.00 bits per heavy atom. The van der Waals surface area contributed by atoms with Crippen LogP contribution in [0.25, 0.3) is 38.7 Å². The Labute approximate surface area is 195 Å². The van der Waals surface area contributed by atoms with Crippen molar-refractivity contribution in [2.45, 2.75) is 0 Å². The summed E-state index contributed by atoms with van der Waals surface area (Å²) in [6.45, 7) is 0. The molecule has 0 bridgehead atoms. The van der Waals surface area contributed by atoms with E-state index in [1.54, 1.807) is 38.5 Å². The summed E-state index contributed by atoms with van der Waals surface area (Å²) in [5.41, 5.74) is 2.80. The fourth-order valence-electron chi connectivity index (χ4n) is 4.53. The van der Waals surface area contributed by atoms with Crippen LogP contribution in [-0.4, -0.2) is 37.9 Å². The van der Waals surface area contributed by atoms with Crippen molar-refractivity contribution in [3.8, 4) is 51.1 Å². The van der Waals surface area contributed by atoms with E-state index in [1.165, 1.54) is 14.2 Å². The largest absolute Gasteiger partial charge is 0.503 e. The summed E-state index contributed by atoms with van der Waals surface area (Å²) in [6.07, 6.45) is 1.90. The maximum atomic E-state index is 13.5. The highest BCUT2D eigenvalue weighted by atomic mass is 16.5. The van der Waals surface area contributed by atoms with Crippen molar-refractivity contribution < 1.29 is 24.1 Å². The molecule has 0 spiro atoms. The third kappa shape index (κ3) is 3.01. The number of aromatic hydroxyl groups is 1. The molecule has 0 amide bonds. The van der Waals surface area contributed by atoms with E-state index < -0.39 is 5.43 Å². The Kier molecular flexibility index (Phi) is 5.17. The van der Waals surface area contributed by atoms with Crippen LogP contribution in [0.1, 0.15) is 0 Å². The van der Waals surface area contributed by atoms with Crippen molar-refractivity contribution in [2.75, 3.05) is 28.4 Å². The second kappa shape index (κ2) is 8.19. The van der Waals surface area contributed by atoms with Gasteiger partial charge in [-0.15, -0.1) is 0 Å². The number of hydrogen-bond acceptors (Lipinski definition) is 6. The van der Waals surface area contributed by atoms with Gasteiger partial charge in [-0.1, -0.05) is 30.3 Å². The summed E-state index contributed by atoms with van der Waals surface area (Å²) in [7, 11) is 6.15. The van der Waals surface area contributed by atoms with Gasteiger partial charge in [-0.25, -0.2) is 0 Å². The fraction of sp³-hybridized carbons (Fsp3) is 0.148. The molecule has 1 N–H and O–H groups in total. The number of hydrogen-bond donors (Lipinski definition) is 1. The highest BCUT2D eigenvalue weighted by Gasteiger charge is 2.27. The minimum Gasteiger partial charge on any atom is -0.503 e. The van der Waals surface area contributed by atoms with Gasteiger partial charge in [0.05, 0.1) is 50.4 Å². The lowest BCUT2D eigenvalue weighted by molar-refractivity contribution is 0.355. The van der Waals surface area contributed by atoms with Gasteiger partial charge in [0, 0.05) is 23.4 Å². The van der Waals surface area contributed by atoms with E-state index in [4.69, 9.17) is 18.9 Å². The molecule has 0 saturated carbocycles. The van der Waals surface area contributed by atoms with Gasteiger partial charge < -0.3 is 28.5 Å².